The van der Waals surface area contributed by atoms with Gasteiger partial charge in [0.1, 0.15) is 0 Å². The second kappa shape index (κ2) is 5.24. The van der Waals surface area contributed by atoms with Gasteiger partial charge in [-0.1, -0.05) is 6.92 Å². The van der Waals surface area contributed by atoms with Crippen LogP contribution < -0.4 is 11.1 Å². The average Bonchev–Trinajstić information content (AvgIpc) is 2.31. The number of hydrogen-bond acceptors (Lipinski definition) is 6. The average molecular weight is 272 g/mol. The minimum Gasteiger partial charge on any atom is -0.394 e. The standard InChI is InChI=1S/C11H18ClN5O/c1-7-2-4-11(6-18,5-3-7)17-10-15-8(12)14-9(13)16-10/h7,18H,2-6H2,1H3,(H3,13,14,15,16,17). The summed E-state index contributed by atoms with van der Waals surface area (Å²) in [5.74, 6) is 1.10. The van der Waals surface area contributed by atoms with Crippen molar-refractivity contribution in [1.82, 2.24) is 15.0 Å². The number of anilines is 2. The fraction of sp³-hybridized carbons (Fsp3) is 0.727. The Morgan fingerprint density at radius 2 is 2.06 bits per heavy atom. The molecule has 0 bridgehead atoms. The second-order valence-electron chi connectivity index (χ2n) is 5.03. The maximum absolute atomic E-state index is 9.63. The highest BCUT2D eigenvalue weighted by atomic mass is 35.5. The van der Waals surface area contributed by atoms with Crippen molar-refractivity contribution in [2.75, 3.05) is 17.7 Å². The van der Waals surface area contributed by atoms with Crippen molar-refractivity contribution in [3.8, 4) is 0 Å². The van der Waals surface area contributed by atoms with Gasteiger partial charge in [-0.15, -0.1) is 0 Å². The van der Waals surface area contributed by atoms with Gasteiger partial charge in [0, 0.05) is 0 Å². The summed E-state index contributed by atoms with van der Waals surface area (Å²) >= 11 is 5.73. The predicted octanol–water partition coefficient (Wildman–Crippen LogP) is 1.46. The molecule has 2 rings (SSSR count). The third-order valence-corrected chi connectivity index (χ3v) is 3.71. The van der Waals surface area contributed by atoms with Crippen LogP contribution in [0.1, 0.15) is 32.6 Å². The van der Waals surface area contributed by atoms with E-state index in [0.29, 0.717) is 11.9 Å². The Morgan fingerprint density at radius 1 is 1.39 bits per heavy atom. The molecule has 1 aliphatic rings. The van der Waals surface area contributed by atoms with E-state index >= 15 is 0 Å². The van der Waals surface area contributed by atoms with E-state index in [1.54, 1.807) is 0 Å². The summed E-state index contributed by atoms with van der Waals surface area (Å²) in [6.45, 7) is 2.27. The van der Waals surface area contributed by atoms with Crippen LogP contribution in [0.15, 0.2) is 0 Å². The quantitative estimate of drug-likeness (QED) is 0.770. The molecule has 1 fully saturated rings. The molecular formula is C11H18ClN5O. The fourth-order valence-electron chi connectivity index (χ4n) is 2.30. The van der Waals surface area contributed by atoms with Crippen molar-refractivity contribution in [1.29, 1.82) is 0 Å². The Bertz CT molecular complexity index is 400. The van der Waals surface area contributed by atoms with E-state index in [-0.39, 0.29) is 23.4 Å². The van der Waals surface area contributed by atoms with Crippen LogP contribution in [-0.2, 0) is 0 Å². The number of aliphatic hydroxyl groups excluding tert-OH is 1. The summed E-state index contributed by atoms with van der Waals surface area (Å²) in [7, 11) is 0. The molecule has 0 saturated heterocycles. The third kappa shape index (κ3) is 3.00. The van der Waals surface area contributed by atoms with Gasteiger partial charge in [0.15, 0.2) is 0 Å². The summed E-state index contributed by atoms with van der Waals surface area (Å²) in [5, 5.41) is 12.9. The molecule has 1 heterocycles. The molecule has 0 atom stereocenters. The smallest absolute Gasteiger partial charge is 0.229 e. The molecule has 1 aromatic heterocycles. The van der Waals surface area contributed by atoms with Crippen LogP contribution in [-0.4, -0.2) is 32.2 Å². The first-order valence-electron chi connectivity index (χ1n) is 6.09. The zero-order valence-corrected chi connectivity index (χ0v) is 11.1. The van der Waals surface area contributed by atoms with Gasteiger partial charge in [0.25, 0.3) is 0 Å². The zero-order valence-electron chi connectivity index (χ0n) is 10.4. The lowest BCUT2D eigenvalue weighted by molar-refractivity contribution is 0.154. The summed E-state index contributed by atoms with van der Waals surface area (Å²) in [5.41, 5.74) is 5.15. The molecule has 100 valence electrons. The maximum atomic E-state index is 9.63. The lowest BCUT2D eigenvalue weighted by atomic mass is 9.77. The molecule has 0 unspecified atom stereocenters. The van der Waals surface area contributed by atoms with Gasteiger partial charge in [0.05, 0.1) is 12.1 Å². The highest BCUT2D eigenvalue weighted by Gasteiger charge is 2.34. The SMILES string of the molecule is CC1CCC(CO)(Nc2nc(N)nc(Cl)n2)CC1. The maximum Gasteiger partial charge on any atom is 0.229 e. The molecule has 6 nitrogen and oxygen atoms in total. The van der Waals surface area contributed by atoms with E-state index in [0.717, 1.165) is 25.7 Å². The lowest BCUT2D eigenvalue weighted by Gasteiger charge is -2.38. The normalized spacial score (nSPS) is 28.1. The molecule has 1 aliphatic carbocycles. The Balaban J connectivity index is 2.14. The molecule has 4 N–H and O–H groups in total. The molecule has 1 aromatic rings. The molecule has 0 aliphatic heterocycles. The van der Waals surface area contributed by atoms with Crippen LogP contribution in [0.4, 0.5) is 11.9 Å². The summed E-state index contributed by atoms with van der Waals surface area (Å²) in [4.78, 5) is 11.7. The number of aromatic nitrogens is 3. The van der Waals surface area contributed by atoms with Crippen LogP contribution in [0.2, 0.25) is 5.28 Å². The second-order valence-corrected chi connectivity index (χ2v) is 5.37. The summed E-state index contributed by atoms with van der Waals surface area (Å²) < 4.78 is 0. The molecule has 0 amide bonds. The summed E-state index contributed by atoms with van der Waals surface area (Å²) in [6.07, 6.45) is 3.91. The third-order valence-electron chi connectivity index (χ3n) is 3.54. The number of nitrogen functional groups attached to an aromatic ring is 1. The van der Waals surface area contributed by atoms with Crippen LogP contribution in [0.5, 0.6) is 0 Å². The number of rotatable bonds is 3. The van der Waals surface area contributed by atoms with Gasteiger partial charge in [-0.3, -0.25) is 0 Å². The monoisotopic (exact) mass is 271 g/mol. The first-order valence-corrected chi connectivity index (χ1v) is 6.47. The lowest BCUT2D eigenvalue weighted by Crippen LogP contribution is -2.45. The topological polar surface area (TPSA) is 97.0 Å². The van der Waals surface area contributed by atoms with Crippen molar-refractivity contribution in [2.24, 2.45) is 5.92 Å². The Hall–Kier alpha value is -1.14. The molecule has 7 heteroatoms. The first-order chi connectivity index (χ1) is 8.53. The van der Waals surface area contributed by atoms with Crippen molar-refractivity contribution in [3.63, 3.8) is 0 Å². The zero-order chi connectivity index (χ0) is 13.2. The minimum atomic E-state index is -0.371. The van der Waals surface area contributed by atoms with Crippen LogP contribution in [0.3, 0.4) is 0 Å². The molecule has 0 spiro atoms. The number of nitrogens with two attached hydrogens (primary N) is 1. The molecular weight excluding hydrogens is 254 g/mol. The van der Waals surface area contributed by atoms with Crippen molar-refractivity contribution < 1.29 is 5.11 Å². The van der Waals surface area contributed by atoms with Gasteiger partial charge in [-0.25, -0.2) is 0 Å². The highest BCUT2D eigenvalue weighted by Crippen LogP contribution is 2.33. The minimum absolute atomic E-state index is 0.0446. The van der Waals surface area contributed by atoms with E-state index < -0.39 is 0 Å². The Kier molecular flexibility index (Phi) is 3.87. The molecule has 1 saturated carbocycles. The number of hydrogen-bond donors (Lipinski definition) is 3. The largest absolute Gasteiger partial charge is 0.394 e. The van der Waals surface area contributed by atoms with Gasteiger partial charge in [-0.2, -0.15) is 15.0 Å². The van der Waals surface area contributed by atoms with E-state index in [9.17, 15) is 5.11 Å². The van der Waals surface area contributed by atoms with Gasteiger partial charge in [-0.05, 0) is 43.2 Å². The number of aliphatic hydroxyl groups is 1. The van der Waals surface area contributed by atoms with Gasteiger partial charge in [0.2, 0.25) is 17.2 Å². The summed E-state index contributed by atoms with van der Waals surface area (Å²) in [6, 6.07) is 0. The number of nitrogens with one attached hydrogen (secondary N) is 1. The Labute approximate surface area is 111 Å². The molecule has 0 aromatic carbocycles. The van der Waals surface area contributed by atoms with E-state index in [4.69, 9.17) is 17.3 Å². The van der Waals surface area contributed by atoms with Crippen molar-refractivity contribution >= 4 is 23.5 Å². The predicted molar refractivity (Wildman–Crippen MR) is 70.3 cm³/mol. The van der Waals surface area contributed by atoms with Crippen LogP contribution in [0, 0.1) is 5.92 Å². The van der Waals surface area contributed by atoms with Gasteiger partial charge >= 0.3 is 0 Å². The fourth-order valence-corrected chi connectivity index (χ4v) is 2.46. The van der Waals surface area contributed by atoms with Crippen LogP contribution >= 0.6 is 11.6 Å². The van der Waals surface area contributed by atoms with E-state index in [1.165, 1.54) is 0 Å². The van der Waals surface area contributed by atoms with E-state index in [2.05, 4.69) is 27.2 Å². The van der Waals surface area contributed by atoms with E-state index in [1.807, 2.05) is 0 Å². The number of nitrogens with zero attached hydrogens (tertiary/aromatic N) is 3. The van der Waals surface area contributed by atoms with Crippen LogP contribution in [0.25, 0.3) is 0 Å². The van der Waals surface area contributed by atoms with Crippen molar-refractivity contribution in [2.45, 2.75) is 38.1 Å². The highest BCUT2D eigenvalue weighted by molar-refractivity contribution is 6.28. The molecule has 18 heavy (non-hydrogen) atoms. The van der Waals surface area contributed by atoms with Crippen molar-refractivity contribution in [3.05, 3.63) is 5.28 Å². The first kappa shape index (κ1) is 13.3. The van der Waals surface area contributed by atoms with Gasteiger partial charge < -0.3 is 16.2 Å². The number of halogens is 1. The Morgan fingerprint density at radius 3 is 2.61 bits per heavy atom. The molecule has 0 radical (unpaired) electrons.